The summed E-state index contributed by atoms with van der Waals surface area (Å²) in [6, 6.07) is 15.6. The van der Waals surface area contributed by atoms with E-state index in [-0.39, 0.29) is 23.7 Å². The Morgan fingerprint density at radius 2 is 1.58 bits per heavy atom. The van der Waals surface area contributed by atoms with Gasteiger partial charge in [0.05, 0.1) is 5.56 Å². The number of benzene rings is 2. The van der Waals surface area contributed by atoms with Gasteiger partial charge in [-0.25, -0.2) is 0 Å². The molecule has 2 aliphatic carbocycles. The van der Waals surface area contributed by atoms with Crippen LogP contribution in [-0.4, -0.2) is 60.7 Å². The fourth-order valence-corrected chi connectivity index (χ4v) is 5.38. The first kappa shape index (κ1) is 24.3. The van der Waals surface area contributed by atoms with E-state index in [0.29, 0.717) is 49.9 Å². The van der Waals surface area contributed by atoms with Crippen molar-refractivity contribution in [3.8, 4) is 0 Å². The van der Waals surface area contributed by atoms with Gasteiger partial charge in [-0.1, -0.05) is 43.2 Å². The van der Waals surface area contributed by atoms with Crippen LogP contribution in [0.4, 0.5) is 11.4 Å². The summed E-state index contributed by atoms with van der Waals surface area (Å²) in [4.78, 5) is 44.9. The summed E-state index contributed by atoms with van der Waals surface area (Å²) in [6.45, 7) is 3.22. The average Bonchev–Trinajstić information content (AvgIpc) is 3.62. The Balaban J connectivity index is 1.33. The van der Waals surface area contributed by atoms with Crippen LogP contribution >= 0.6 is 0 Å². The molecule has 3 aliphatic rings. The summed E-state index contributed by atoms with van der Waals surface area (Å²) < 4.78 is 0. The number of carbonyl (C=O) groups is 3. The molecule has 2 aromatic carbocycles. The first-order valence-electron chi connectivity index (χ1n) is 13.3. The van der Waals surface area contributed by atoms with Crippen molar-refractivity contribution in [3.05, 3.63) is 59.7 Å². The van der Waals surface area contributed by atoms with E-state index < -0.39 is 0 Å². The molecule has 0 atom stereocenters. The zero-order valence-electron chi connectivity index (χ0n) is 21.1. The normalized spacial score (nSPS) is 18.2. The second-order valence-electron chi connectivity index (χ2n) is 10.4. The fourth-order valence-electron chi connectivity index (χ4n) is 5.38. The lowest BCUT2D eigenvalue weighted by molar-refractivity contribution is -0.135. The Morgan fingerprint density at radius 3 is 2.25 bits per heavy atom. The summed E-state index contributed by atoms with van der Waals surface area (Å²) in [5, 5.41) is 2.99. The number of rotatable bonds is 7. The molecule has 36 heavy (non-hydrogen) atoms. The highest BCUT2D eigenvalue weighted by atomic mass is 16.2. The molecule has 2 aromatic rings. The minimum absolute atomic E-state index is 0.0258. The molecule has 190 valence electrons. The third-order valence-corrected chi connectivity index (χ3v) is 7.69. The molecule has 1 heterocycles. The number of hydrogen-bond donors (Lipinski definition) is 1. The summed E-state index contributed by atoms with van der Waals surface area (Å²) in [7, 11) is 1.81. The SMILES string of the molecule is CN(Cc1ccccc1)C(=O)c1cc(NC(=O)C2CC2)ccc1N1CCN(C(=O)C2CCCC2)CC1. The van der Waals surface area contributed by atoms with Crippen molar-refractivity contribution in [2.45, 2.75) is 45.1 Å². The largest absolute Gasteiger partial charge is 0.367 e. The number of amides is 3. The Labute approximate surface area is 213 Å². The van der Waals surface area contributed by atoms with Crippen molar-refractivity contribution < 1.29 is 14.4 Å². The molecule has 3 fully saturated rings. The topological polar surface area (TPSA) is 73.0 Å². The summed E-state index contributed by atoms with van der Waals surface area (Å²) in [5.41, 5.74) is 3.16. The van der Waals surface area contributed by atoms with Crippen LogP contribution in [0.3, 0.4) is 0 Å². The van der Waals surface area contributed by atoms with Crippen molar-refractivity contribution in [3.63, 3.8) is 0 Å². The maximum Gasteiger partial charge on any atom is 0.256 e. The molecule has 7 nitrogen and oxygen atoms in total. The molecule has 1 saturated heterocycles. The van der Waals surface area contributed by atoms with Gasteiger partial charge in [0.15, 0.2) is 0 Å². The number of carbonyl (C=O) groups excluding carboxylic acids is 3. The fraction of sp³-hybridized carbons (Fsp3) is 0.483. The summed E-state index contributed by atoms with van der Waals surface area (Å²) in [6.07, 6.45) is 6.20. The van der Waals surface area contributed by atoms with E-state index >= 15 is 0 Å². The van der Waals surface area contributed by atoms with Crippen molar-refractivity contribution >= 4 is 29.1 Å². The maximum atomic E-state index is 13.7. The molecule has 0 radical (unpaired) electrons. The molecule has 5 rings (SSSR count). The second-order valence-corrected chi connectivity index (χ2v) is 10.4. The molecule has 0 bridgehead atoms. The Bertz CT molecular complexity index is 1100. The van der Waals surface area contributed by atoms with Crippen LogP contribution in [-0.2, 0) is 16.1 Å². The molecule has 0 spiro atoms. The molecular weight excluding hydrogens is 452 g/mol. The van der Waals surface area contributed by atoms with Crippen LogP contribution in [0.15, 0.2) is 48.5 Å². The van der Waals surface area contributed by atoms with Gasteiger partial charge >= 0.3 is 0 Å². The first-order valence-corrected chi connectivity index (χ1v) is 13.3. The number of hydrogen-bond acceptors (Lipinski definition) is 4. The number of nitrogens with zero attached hydrogens (tertiary/aromatic N) is 3. The van der Waals surface area contributed by atoms with Gasteiger partial charge in [-0.2, -0.15) is 0 Å². The van der Waals surface area contributed by atoms with E-state index in [9.17, 15) is 14.4 Å². The maximum absolute atomic E-state index is 13.7. The lowest BCUT2D eigenvalue weighted by atomic mass is 10.1. The highest BCUT2D eigenvalue weighted by Gasteiger charge is 2.32. The number of anilines is 2. The predicted molar refractivity (Wildman–Crippen MR) is 141 cm³/mol. The Morgan fingerprint density at radius 1 is 0.889 bits per heavy atom. The first-order chi connectivity index (χ1) is 17.5. The van der Waals surface area contributed by atoms with Gasteiger partial charge in [-0.05, 0) is 49.4 Å². The number of nitrogens with one attached hydrogen (secondary N) is 1. The second kappa shape index (κ2) is 10.7. The number of piperazine rings is 1. The molecular formula is C29H36N4O3. The van der Waals surface area contributed by atoms with Crippen molar-refractivity contribution in [1.29, 1.82) is 0 Å². The minimum Gasteiger partial charge on any atom is -0.367 e. The minimum atomic E-state index is -0.0826. The molecule has 1 N–H and O–H groups in total. The zero-order valence-corrected chi connectivity index (χ0v) is 21.1. The highest BCUT2D eigenvalue weighted by Crippen LogP contribution is 2.32. The van der Waals surface area contributed by atoms with Crippen LogP contribution < -0.4 is 10.2 Å². The quantitative estimate of drug-likeness (QED) is 0.636. The van der Waals surface area contributed by atoms with Crippen LogP contribution in [0.2, 0.25) is 0 Å². The van der Waals surface area contributed by atoms with E-state index in [1.54, 1.807) is 4.90 Å². The molecule has 7 heteroatoms. The molecule has 1 aliphatic heterocycles. The van der Waals surface area contributed by atoms with Crippen molar-refractivity contribution in [1.82, 2.24) is 9.80 Å². The van der Waals surface area contributed by atoms with E-state index in [4.69, 9.17) is 0 Å². The van der Waals surface area contributed by atoms with Gasteiger partial charge in [-0.3, -0.25) is 14.4 Å². The van der Waals surface area contributed by atoms with Crippen LogP contribution in [0.5, 0.6) is 0 Å². The third-order valence-electron chi connectivity index (χ3n) is 7.69. The summed E-state index contributed by atoms with van der Waals surface area (Å²) >= 11 is 0. The predicted octanol–water partition coefficient (Wildman–Crippen LogP) is 4.15. The lowest BCUT2D eigenvalue weighted by Gasteiger charge is -2.38. The summed E-state index contributed by atoms with van der Waals surface area (Å²) in [5.74, 6) is 0.521. The van der Waals surface area contributed by atoms with Crippen LogP contribution in [0.25, 0.3) is 0 Å². The lowest BCUT2D eigenvalue weighted by Crippen LogP contribution is -2.50. The average molecular weight is 489 g/mol. The molecule has 2 saturated carbocycles. The van der Waals surface area contributed by atoms with Crippen LogP contribution in [0.1, 0.15) is 54.4 Å². The van der Waals surface area contributed by atoms with Crippen molar-refractivity contribution in [2.75, 3.05) is 43.4 Å². The monoisotopic (exact) mass is 488 g/mol. The Hall–Kier alpha value is -3.35. The van der Waals surface area contributed by atoms with Crippen molar-refractivity contribution in [2.24, 2.45) is 11.8 Å². The van der Waals surface area contributed by atoms with E-state index in [0.717, 1.165) is 49.8 Å². The van der Waals surface area contributed by atoms with Gasteiger partial charge in [0.1, 0.15) is 0 Å². The molecule has 0 aromatic heterocycles. The van der Waals surface area contributed by atoms with E-state index in [2.05, 4.69) is 10.2 Å². The zero-order chi connectivity index (χ0) is 25.1. The van der Waals surface area contributed by atoms with Gasteiger partial charge in [-0.15, -0.1) is 0 Å². The Kier molecular flexibility index (Phi) is 7.25. The van der Waals surface area contributed by atoms with E-state index in [1.165, 1.54) is 0 Å². The highest BCUT2D eigenvalue weighted by molar-refractivity contribution is 6.02. The standard InChI is InChI=1S/C29H36N4O3/c1-31(20-21-7-3-2-4-8-21)29(36)25-19-24(30-27(34)22-11-12-22)13-14-26(25)32-15-17-33(18-16-32)28(35)23-9-5-6-10-23/h2-4,7-8,13-14,19,22-23H,5-6,9-12,15-18,20H2,1H3,(H,30,34). The van der Waals surface area contributed by atoms with E-state index in [1.807, 2.05) is 60.5 Å². The molecule has 3 amide bonds. The van der Waals surface area contributed by atoms with Gasteiger partial charge in [0.25, 0.3) is 5.91 Å². The van der Waals surface area contributed by atoms with Gasteiger partial charge in [0.2, 0.25) is 11.8 Å². The van der Waals surface area contributed by atoms with Gasteiger partial charge < -0.3 is 20.0 Å². The van der Waals surface area contributed by atoms with Gasteiger partial charge in [0, 0.05) is 63.0 Å². The molecule has 0 unspecified atom stereocenters. The third kappa shape index (κ3) is 5.55. The van der Waals surface area contributed by atoms with Crippen LogP contribution in [0, 0.1) is 11.8 Å². The smallest absolute Gasteiger partial charge is 0.256 e.